The van der Waals surface area contributed by atoms with Crippen molar-refractivity contribution in [3.63, 3.8) is 0 Å². The molecule has 0 aliphatic heterocycles. The fourth-order valence-electron chi connectivity index (χ4n) is 3.15. The zero-order chi connectivity index (χ0) is 17.9. The number of benzene rings is 1. The summed E-state index contributed by atoms with van der Waals surface area (Å²) >= 11 is 0. The molecular weight excluding hydrogens is 342 g/mol. The number of hydrogen-bond donors (Lipinski definition) is 1. The van der Waals surface area contributed by atoms with Crippen LogP contribution in [0.3, 0.4) is 0 Å². The first kappa shape index (κ1) is 17.8. The summed E-state index contributed by atoms with van der Waals surface area (Å²) in [6, 6.07) is 4.95. The first-order valence-electron chi connectivity index (χ1n) is 8.52. The molecule has 0 radical (unpaired) electrons. The largest absolute Gasteiger partial charge is 0.495 e. The van der Waals surface area contributed by atoms with Crippen LogP contribution in [0.4, 0.5) is 0 Å². The van der Waals surface area contributed by atoms with E-state index in [0.29, 0.717) is 23.7 Å². The smallest absolute Gasteiger partial charge is 0.244 e. The standard InChI is InChI=1S/C16H23N5O3S/c1-3-21-16(17-19-20-21)12-9-10-14(24-2)15(11-12)25(22,23)18-13-7-5-4-6-8-13/h9-11,13,18H,3-8H2,1-2H3. The number of aromatic nitrogens is 4. The lowest BCUT2D eigenvalue weighted by molar-refractivity contribution is 0.397. The third kappa shape index (κ3) is 3.82. The molecule has 1 aromatic heterocycles. The van der Waals surface area contributed by atoms with Gasteiger partial charge in [0.15, 0.2) is 5.82 Å². The summed E-state index contributed by atoms with van der Waals surface area (Å²) in [5, 5.41) is 11.6. The van der Waals surface area contributed by atoms with Gasteiger partial charge in [-0.3, -0.25) is 0 Å². The van der Waals surface area contributed by atoms with Gasteiger partial charge in [0.05, 0.1) is 7.11 Å². The van der Waals surface area contributed by atoms with Crippen molar-refractivity contribution in [3.8, 4) is 17.1 Å². The molecule has 25 heavy (non-hydrogen) atoms. The molecule has 1 fully saturated rings. The minimum atomic E-state index is -3.69. The van der Waals surface area contributed by atoms with Crippen LogP contribution in [0.1, 0.15) is 39.0 Å². The third-order valence-corrected chi connectivity index (χ3v) is 6.01. The van der Waals surface area contributed by atoms with Crippen molar-refractivity contribution >= 4 is 10.0 Å². The van der Waals surface area contributed by atoms with Gasteiger partial charge in [0, 0.05) is 18.2 Å². The summed E-state index contributed by atoms with van der Waals surface area (Å²) in [5.41, 5.74) is 0.636. The van der Waals surface area contributed by atoms with E-state index in [1.54, 1.807) is 22.9 Å². The van der Waals surface area contributed by atoms with Crippen LogP contribution >= 0.6 is 0 Å². The van der Waals surface area contributed by atoms with Crippen LogP contribution in [0, 0.1) is 0 Å². The maximum absolute atomic E-state index is 12.9. The maximum atomic E-state index is 12.9. The Labute approximate surface area is 147 Å². The second-order valence-corrected chi connectivity index (χ2v) is 7.82. The molecule has 1 heterocycles. The first-order valence-corrected chi connectivity index (χ1v) is 10.0. The predicted octanol–water partition coefficient (Wildman–Crippen LogP) is 1.98. The minimum Gasteiger partial charge on any atom is -0.495 e. The molecule has 0 bridgehead atoms. The predicted molar refractivity (Wildman–Crippen MR) is 92.7 cm³/mol. The van der Waals surface area contributed by atoms with E-state index in [2.05, 4.69) is 20.2 Å². The molecule has 1 aliphatic rings. The second-order valence-electron chi connectivity index (χ2n) is 6.14. The Morgan fingerprint density at radius 3 is 2.72 bits per heavy atom. The SMILES string of the molecule is CCn1nnnc1-c1ccc(OC)c(S(=O)(=O)NC2CCCCC2)c1. The average molecular weight is 365 g/mol. The molecular formula is C16H23N5O3S. The van der Waals surface area contributed by atoms with Crippen LogP contribution in [-0.4, -0.2) is 41.8 Å². The highest BCUT2D eigenvalue weighted by Crippen LogP contribution is 2.30. The van der Waals surface area contributed by atoms with E-state index in [0.717, 1.165) is 32.1 Å². The van der Waals surface area contributed by atoms with Crippen LogP contribution in [-0.2, 0) is 16.6 Å². The molecule has 1 aromatic carbocycles. The van der Waals surface area contributed by atoms with E-state index < -0.39 is 10.0 Å². The number of nitrogens with zero attached hydrogens (tertiary/aromatic N) is 4. The molecule has 1 N–H and O–H groups in total. The molecule has 0 spiro atoms. The van der Waals surface area contributed by atoms with Gasteiger partial charge in [0.25, 0.3) is 0 Å². The zero-order valence-electron chi connectivity index (χ0n) is 14.5. The van der Waals surface area contributed by atoms with Crippen molar-refractivity contribution in [2.24, 2.45) is 0 Å². The Hall–Kier alpha value is -2.00. The fraction of sp³-hybridized carbons (Fsp3) is 0.562. The number of tetrazole rings is 1. The summed E-state index contributed by atoms with van der Waals surface area (Å²) < 4.78 is 35.5. The van der Waals surface area contributed by atoms with Gasteiger partial charge < -0.3 is 4.74 Å². The van der Waals surface area contributed by atoms with E-state index in [1.165, 1.54) is 7.11 Å². The number of ether oxygens (including phenoxy) is 1. The van der Waals surface area contributed by atoms with Crippen molar-refractivity contribution in [3.05, 3.63) is 18.2 Å². The van der Waals surface area contributed by atoms with Crippen molar-refractivity contribution in [1.29, 1.82) is 0 Å². The normalized spacial score (nSPS) is 16.1. The van der Waals surface area contributed by atoms with Crippen molar-refractivity contribution in [2.75, 3.05) is 7.11 Å². The molecule has 9 heteroatoms. The number of sulfonamides is 1. The third-order valence-electron chi connectivity index (χ3n) is 4.47. The molecule has 0 saturated heterocycles. The van der Waals surface area contributed by atoms with Gasteiger partial charge in [0.1, 0.15) is 10.6 Å². The molecule has 8 nitrogen and oxygen atoms in total. The van der Waals surface area contributed by atoms with Crippen molar-refractivity contribution < 1.29 is 13.2 Å². The Morgan fingerprint density at radius 1 is 1.28 bits per heavy atom. The lowest BCUT2D eigenvalue weighted by atomic mass is 9.96. The first-order chi connectivity index (χ1) is 12.0. The maximum Gasteiger partial charge on any atom is 0.244 e. The Kier molecular flexibility index (Phi) is 5.33. The summed E-state index contributed by atoms with van der Waals surface area (Å²) in [6.07, 6.45) is 5.01. The number of aryl methyl sites for hydroxylation is 1. The van der Waals surface area contributed by atoms with E-state index in [9.17, 15) is 8.42 Å². The second kappa shape index (κ2) is 7.49. The number of hydrogen-bond acceptors (Lipinski definition) is 6. The topological polar surface area (TPSA) is 99.0 Å². The van der Waals surface area contributed by atoms with Crippen LogP contribution in [0.15, 0.2) is 23.1 Å². The summed E-state index contributed by atoms with van der Waals surface area (Å²) in [4.78, 5) is 0.115. The molecule has 2 aromatic rings. The summed E-state index contributed by atoms with van der Waals surface area (Å²) in [6.45, 7) is 2.52. The van der Waals surface area contributed by atoms with E-state index >= 15 is 0 Å². The molecule has 0 unspecified atom stereocenters. The van der Waals surface area contributed by atoms with Crippen LogP contribution in [0.25, 0.3) is 11.4 Å². The zero-order valence-corrected chi connectivity index (χ0v) is 15.3. The Balaban J connectivity index is 1.97. The molecule has 1 aliphatic carbocycles. The van der Waals surface area contributed by atoms with Gasteiger partial charge in [-0.25, -0.2) is 17.8 Å². The van der Waals surface area contributed by atoms with Gasteiger partial charge in [-0.05, 0) is 48.4 Å². The number of rotatable bonds is 6. The highest BCUT2D eigenvalue weighted by atomic mass is 32.2. The highest BCUT2D eigenvalue weighted by molar-refractivity contribution is 7.89. The van der Waals surface area contributed by atoms with Crippen LogP contribution in [0.5, 0.6) is 5.75 Å². The van der Waals surface area contributed by atoms with Crippen LogP contribution in [0.2, 0.25) is 0 Å². The highest BCUT2D eigenvalue weighted by Gasteiger charge is 2.26. The fourth-order valence-corrected chi connectivity index (χ4v) is 4.65. The number of methoxy groups -OCH3 is 1. The molecule has 3 rings (SSSR count). The van der Waals surface area contributed by atoms with Gasteiger partial charge in [0.2, 0.25) is 10.0 Å². The van der Waals surface area contributed by atoms with Gasteiger partial charge in [-0.2, -0.15) is 0 Å². The van der Waals surface area contributed by atoms with Gasteiger partial charge in [-0.1, -0.05) is 19.3 Å². The Bertz CT molecular complexity index is 828. The summed E-state index contributed by atoms with van der Waals surface area (Å²) in [7, 11) is -2.23. The Morgan fingerprint density at radius 2 is 2.04 bits per heavy atom. The molecule has 136 valence electrons. The number of nitrogens with one attached hydrogen (secondary N) is 1. The van der Waals surface area contributed by atoms with Crippen molar-refractivity contribution in [1.82, 2.24) is 24.9 Å². The van der Waals surface area contributed by atoms with E-state index in [1.807, 2.05) is 6.92 Å². The summed E-state index contributed by atoms with van der Waals surface area (Å²) in [5.74, 6) is 0.835. The van der Waals surface area contributed by atoms with Crippen molar-refractivity contribution in [2.45, 2.75) is 56.5 Å². The van der Waals surface area contributed by atoms with Crippen LogP contribution < -0.4 is 9.46 Å². The monoisotopic (exact) mass is 365 g/mol. The minimum absolute atomic E-state index is 0.0203. The lowest BCUT2D eigenvalue weighted by Gasteiger charge is -2.23. The quantitative estimate of drug-likeness (QED) is 0.840. The van der Waals surface area contributed by atoms with Gasteiger partial charge in [-0.15, -0.1) is 5.10 Å². The van der Waals surface area contributed by atoms with Gasteiger partial charge >= 0.3 is 0 Å². The molecule has 1 saturated carbocycles. The lowest BCUT2D eigenvalue weighted by Crippen LogP contribution is -2.36. The molecule has 0 amide bonds. The molecule has 0 atom stereocenters. The average Bonchev–Trinajstić information content (AvgIpc) is 3.10. The van der Waals surface area contributed by atoms with E-state index in [-0.39, 0.29) is 10.9 Å². The van der Waals surface area contributed by atoms with E-state index in [4.69, 9.17) is 4.74 Å².